The highest BCUT2D eigenvalue weighted by atomic mass is 16.5. The Bertz CT molecular complexity index is 685. The van der Waals surface area contributed by atoms with E-state index in [9.17, 15) is 4.79 Å². The number of nitrogens with zero attached hydrogens (tertiary/aromatic N) is 2. The van der Waals surface area contributed by atoms with Gasteiger partial charge in [0.15, 0.2) is 11.5 Å². The Kier molecular flexibility index (Phi) is 7.13. The molecule has 0 bridgehead atoms. The van der Waals surface area contributed by atoms with E-state index in [2.05, 4.69) is 22.7 Å². The number of urea groups is 1. The van der Waals surface area contributed by atoms with E-state index in [1.54, 1.807) is 18.0 Å². The van der Waals surface area contributed by atoms with Crippen LogP contribution in [0.4, 0.5) is 4.79 Å². The maximum absolute atomic E-state index is 11.9. The molecule has 136 valence electrons. The number of nitrogens with one attached hydrogen (secondary N) is 2. The van der Waals surface area contributed by atoms with Gasteiger partial charge in [-0.05, 0) is 30.2 Å². The molecule has 0 saturated heterocycles. The molecule has 0 fully saturated rings. The van der Waals surface area contributed by atoms with Crippen LogP contribution in [0.5, 0.6) is 11.5 Å². The number of carbonyl (C=O) groups is 1. The van der Waals surface area contributed by atoms with Gasteiger partial charge in [-0.1, -0.05) is 19.4 Å². The van der Waals surface area contributed by atoms with Gasteiger partial charge < -0.3 is 20.1 Å². The molecule has 0 unspecified atom stereocenters. The molecule has 1 aromatic carbocycles. The standard InChI is InChI=1S/C18H26N4O3/c1-4-5-10-25-16-7-6-14(11-17(16)24-3)12-19-18(23)20-13-15-8-9-21-22(15)2/h6-9,11H,4-5,10,12-13H2,1-3H3,(H2,19,20,23). The minimum absolute atomic E-state index is 0.233. The van der Waals surface area contributed by atoms with Crippen molar-refractivity contribution in [2.24, 2.45) is 7.05 Å². The number of benzene rings is 1. The molecule has 0 radical (unpaired) electrons. The summed E-state index contributed by atoms with van der Waals surface area (Å²) in [5, 5.41) is 9.69. The monoisotopic (exact) mass is 346 g/mol. The van der Waals surface area contributed by atoms with Gasteiger partial charge in [0.25, 0.3) is 0 Å². The predicted molar refractivity (Wildman–Crippen MR) is 95.7 cm³/mol. The van der Waals surface area contributed by atoms with Crippen molar-refractivity contribution >= 4 is 6.03 Å². The summed E-state index contributed by atoms with van der Waals surface area (Å²) in [5.74, 6) is 1.39. The Balaban J connectivity index is 1.83. The molecule has 0 aliphatic rings. The van der Waals surface area contributed by atoms with Gasteiger partial charge >= 0.3 is 6.03 Å². The SMILES string of the molecule is CCCCOc1ccc(CNC(=O)NCc2ccnn2C)cc1OC. The quantitative estimate of drug-likeness (QED) is 0.684. The van der Waals surface area contributed by atoms with Crippen LogP contribution in [-0.2, 0) is 20.1 Å². The Hall–Kier alpha value is -2.70. The fraction of sp³-hybridized carbons (Fsp3) is 0.444. The number of amides is 2. The fourth-order valence-corrected chi connectivity index (χ4v) is 2.26. The minimum atomic E-state index is -0.233. The summed E-state index contributed by atoms with van der Waals surface area (Å²) >= 11 is 0. The maximum atomic E-state index is 11.9. The van der Waals surface area contributed by atoms with E-state index in [-0.39, 0.29) is 6.03 Å². The van der Waals surface area contributed by atoms with Gasteiger partial charge in [0.1, 0.15) is 0 Å². The third-order valence-electron chi connectivity index (χ3n) is 3.79. The zero-order valence-electron chi connectivity index (χ0n) is 15.0. The van der Waals surface area contributed by atoms with E-state index in [1.165, 1.54) is 0 Å². The van der Waals surface area contributed by atoms with Crippen LogP contribution in [0.2, 0.25) is 0 Å². The molecule has 2 aromatic rings. The molecular formula is C18H26N4O3. The Morgan fingerprint density at radius 3 is 2.68 bits per heavy atom. The summed E-state index contributed by atoms with van der Waals surface area (Å²) in [6.07, 6.45) is 3.78. The number of ether oxygens (including phenoxy) is 2. The maximum Gasteiger partial charge on any atom is 0.315 e. The van der Waals surface area contributed by atoms with E-state index in [0.29, 0.717) is 25.4 Å². The number of unbranched alkanes of at least 4 members (excludes halogenated alkanes) is 1. The van der Waals surface area contributed by atoms with E-state index in [1.807, 2.05) is 31.3 Å². The van der Waals surface area contributed by atoms with Crippen molar-refractivity contribution in [3.05, 3.63) is 41.7 Å². The lowest BCUT2D eigenvalue weighted by Gasteiger charge is -2.13. The molecule has 2 rings (SSSR count). The normalized spacial score (nSPS) is 10.4. The fourth-order valence-electron chi connectivity index (χ4n) is 2.26. The molecule has 2 N–H and O–H groups in total. The van der Waals surface area contributed by atoms with Crippen LogP contribution < -0.4 is 20.1 Å². The van der Waals surface area contributed by atoms with Crippen LogP contribution in [0.1, 0.15) is 31.0 Å². The van der Waals surface area contributed by atoms with E-state index in [4.69, 9.17) is 9.47 Å². The van der Waals surface area contributed by atoms with Gasteiger partial charge in [0.05, 0.1) is 26.0 Å². The second-order valence-corrected chi connectivity index (χ2v) is 5.67. The average molecular weight is 346 g/mol. The Labute approximate surface area is 148 Å². The summed E-state index contributed by atoms with van der Waals surface area (Å²) in [6.45, 7) is 3.62. The average Bonchev–Trinajstić information content (AvgIpc) is 3.04. The lowest BCUT2D eigenvalue weighted by atomic mass is 10.2. The highest BCUT2D eigenvalue weighted by Gasteiger charge is 2.07. The molecule has 25 heavy (non-hydrogen) atoms. The summed E-state index contributed by atoms with van der Waals surface area (Å²) in [7, 11) is 3.45. The number of aromatic nitrogens is 2. The second-order valence-electron chi connectivity index (χ2n) is 5.67. The molecule has 0 atom stereocenters. The number of aryl methyl sites for hydroxylation is 1. The summed E-state index contributed by atoms with van der Waals surface area (Å²) in [4.78, 5) is 11.9. The predicted octanol–water partition coefficient (Wildman–Crippen LogP) is 2.61. The number of hydrogen-bond acceptors (Lipinski definition) is 4. The van der Waals surface area contributed by atoms with Gasteiger partial charge in [-0.15, -0.1) is 0 Å². The summed E-state index contributed by atoms with van der Waals surface area (Å²) in [5.41, 5.74) is 1.88. The number of carbonyl (C=O) groups excluding carboxylic acids is 1. The zero-order valence-corrected chi connectivity index (χ0v) is 15.0. The van der Waals surface area contributed by atoms with Crippen LogP contribution in [0.25, 0.3) is 0 Å². The van der Waals surface area contributed by atoms with Crippen molar-refractivity contribution in [2.45, 2.75) is 32.9 Å². The highest BCUT2D eigenvalue weighted by molar-refractivity contribution is 5.73. The van der Waals surface area contributed by atoms with Crippen LogP contribution in [-0.4, -0.2) is 29.5 Å². The molecule has 1 aromatic heterocycles. The first-order valence-electron chi connectivity index (χ1n) is 8.42. The van der Waals surface area contributed by atoms with Crippen molar-refractivity contribution in [1.29, 1.82) is 0 Å². The second kappa shape index (κ2) is 9.56. The molecule has 0 spiro atoms. The molecule has 7 nitrogen and oxygen atoms in total. The molecule has 2 amide bonds. The van der Waals surface area contributed by atoms with Crippen LogP contribution in [0.15, 0.2) is 30.5 Å². The van der Waals surface area contributed by atoms with Gasteiger partial charge in [-0.3, -0.25) is 4.68 Å². The largest absolute Gasteiger partial charge is 0.493 e. The van der Waals surface area contributed by atoms with E-state index < -0.39 is 0 Å². The zero-order chi connectivity index (χ0) is 18.1. The topological polar surface area (TPSA) is 77.4 Å². The highest BCUT2D eigenvalue weighted by Crippen LogP contribution is 2.28. The van der Waals surface area contributed by atoms with E-state index in [0.717, 1.165) is 29.8 Å². The number of rotatable bonds is 9. The smallest absolute Gasteiger partial charge is 0.315 e. The van der Waals surface area contributed by atoms with Crippen molar-refractivity contribution in [3.63, 3.8) is 0 Å². The van der Waals surface area contributed by atoms with Crippen LogP contribution in [0, 0.1) is 0 Å². The van der Waals surface area contributed by atoms with E-state index >= 15 is 0 Å². The number of hydrogen-bond donors (Lipinski definition) is 2. The number of methoxy groups -OCH3 is 1. The first kappa shape index (κ1) is 18.6. The summed E-state index contributed by atoms with van der Waals surface area (Å²) in [6, 6.07) is 7.30. The van der Waals surface area contributed by atoms with Gasteiger partial charge in [-0.25, -0.2) is 4.79 Å². The van der Waals surface area contributed by atoms with Crippen LogP contribution >= 0.6 is 0 Å². The molecule has 0 aliphatic heterocycles. The molecule has 7 heteroatoms. The first-order chi connectivity index (χ1) is 12.1. The summed E-state index contributed by atoms with van der Waals surface area (Å²) < 4.78 is 12.8. The van der Waals surface area contributed by atoms with Gasteiger partial charge in [0, 0.05) is 19.8 Å². The van der Waals surface area contributed by atoms with Crippen molar-refractivity contribution in [3.8, 4) is 11.5 Å². The lowest BCUT2D eigenvalue weighted by molar-refractivity contribution is 0.240. The van der Waals surface area contributed by atoms with Crippen molar-refractivity contribution in [1.82, 2.24) is 20.4 Å². The third kappa shape index (κ3) is 5.70. The van der Waals surface area contributed by atoms with Gasteiger partial charge in [0.2, 0.25) is 0 Å². The first-order valence-corrected chi connectivity index (χ1v) is 8.42. The lowest BCUT2D eigenvalue weighted by Crippen LogP contribution is -2.35. The Morgan fingerprint density at radius 2 is 2.00 bits per heavy atom. The van der Waals surface area contributed by atoms with Crippen molar-refractivity contribution in [2.75, 3.05) is 13.7 Å². The molecule has 1 heterocycles. The Morgan fingerprint density at radius 1 is 1.20 bits per heavy atom. The van der Waals surface area contributed by atoms with Gasteiger partial charge in [-0.2, -0.15) is 5.10 Å². The third-order valence-corrected chi connectivity index (χ3v) is 3.79. The molecule has 0 saturated carbocycles. The van der Waals surface area contributed by atoms with Crippen LogP contribution in [0.3, 0.4) is 0 Å². The molecule has 0 aliphatic carbocycles. The van der Waals surface area contributed by atoms with Crippen molar-refractivity contribution < 1.29 is 14.3 Å². The molecular weight excluding hydrogens is 320 g/mol. The minimum Gasteiger partial charge on any atom is -0.493 e.